The van der Waals surface area contributed by atoms with Gasteiger partial charge in [-0.05, 0) is 24.8 Å². The molecule has 0 spiro atoms. The number of benzene rings is 1. The number of hydrogen-bond donors (Lipinski definition) is 0. The number of carbonyl (C=O) groups excluding carboxylic acids is 2. The third-order valence-electron chi connectivity index (χ3n) is 4.57. The van der Waals surface area contributed by atoms with Crippen molar-refractivity contribution in [2.24, 2.45) is 0 Å². The highest BCUT2D eigenvalue weighted by molar-refractivity contribution is 5.86. The van der Waals surface area contributed by atoms with E-state index in [-0.39, 0.29) is 19.6 Å². The zero-order valence-electron chi connectivity index (χ0n) is 15.3. The Morgan fingerprint density at radius 3 is 2.69 bits per heavy atom. The number of carbonyl (C=O) groups is 2. The molecular formula is C20H26FNO4. The monoisotopic (exact) mass is 363 g/mol. The fourth-order valence-electron chi connectivity index (χ4n) is 3.29. The highest BCUT2D eigenvalue weighted by atomic mass is 19.1. The number of nitrogens with zero attached hydrogens (tertiary/aromatic N) is 1. The number of alkyl halides is 1. The second kappa shape index (κ2) is 9.36. The molecule has 1 aliphatic heterocycles. The van der Waals surface area contributed by atoms with Crippen LogP contribution < -0.4 is 0 Å². The third kappa shape index (κ3) is 4.62. The van der Waals surface area contributed by atoms with Crippen LogP contribution in [0.3, 0.4) is 0 Å². The highest BCUT2D eigenvalue weighted by Gasteiger charge is 2.54. The number of ether oxygens (including phenoxy) is 2. The molecule has 1 saturated heterocycles. The van der Waals surface area contributed by atoms with Crippen molar-refractivity contribution in [3.05, 3.63) is 48.0 Å². The van der Waals surface area contributed by atoms with E-state index >= 15 is 0 Å². The first kappa shape index (κ1) is 19.9. The van der Waals surface area contributed by atoms with Crippen molar-refractivity contribution >= 4 is 12.1 Å². The number of amides is 1. The Morgan fingerprint density at radius 1 is 1.31 bits per heavy atom. The van der Waals surface area contributed by atoms with Gasteiger partial charge in [0.2, 0.25) is 0 Å². The van der Waals surface area contributed by atoms with E-state index in [0.29, 0.717) is 12.8 Å². The molecule has 0 saturated carbocycles. The van der Waals surface area contributed by atoms with Crippen LogP contribution in [0.4, 0.5) is 9.18 Å². The topological polar surface area (TPSA) is 55.8 Å². The van der Waals surface area contributed by atoms with E-state index in [0.717, 1.165) is 12.0 Å². The van der Waals surface area contributed by atoms with Crippen molar-refractivity contribution < 1.29 is 23.5 Å². The average molecular weight is 363 g/mol. The van der Waals surface area contributed by atoms with Crippen molar-refractivity contribution in [2.75, 3.05) is 13.7 Å². The minimum atomic E-state index is -1.32. The van der Waals surface area contributed by atoms with Crippen molar-refractivity contribution in [1.29, 1.82) is 0 Å². The number of rotatable bonds is 7. The maximum absolute atomic E-state index is 14.2. The molecule has 5 nitrogen and oxygen atoms in total. The highest BCUT2D eigenvalue weighted by Crippen LogP contribution is 2.37. The zero-order valence-corrected chi connectivity index (χ0v) is 15.3. The zero-order chi connectivity index (χ0) is 19.0. The second-order valence-electron chi connectivity index (χ2n) is 6.39. The summed E-state index contributed by atoms with van der Waals surface area (Å²) in [7, 11) is 1.25. The normalized spacial score (nSPS) is 22.6. The van der Waals surface area contributed by atoms with Crippen LogP contribution in [0.25, 0.3) is 0 Å². The molecule has 1 heterocycles. The summed E-state index contributed by atoms with van der Waals surface area (Å²) in [6.45, 7) is 1.91. The maximum atomic E-state index is 14.2. The maximum Gasteiger partial charge on any atom is 0.411 e. The summed E-state index contributed by atoms with van der Waals surface area (Å²) in [5.74, 6) is -0.598. The number of hydrogen-bond acceptors (Lipinski definition) is 4. The first-order valence-electron chi connectivity index (χ1n) is 8.89. The molecule has 1 fully saturated rings. The molecule has 6 heteroatoms. The van der Waals surface area contributed by atoms with Gasteiger partial charge in [0.15, 0.2) is 0 Å². The number of esters is 1. The quantitative estimate of drug-likeness (QED) is 0.542. The van der Waals surface area contributed by atoms with E-state index in [2.05, 4.69) is 0 Å². The van der Waals surface area contributed by atoms with Crippen molar-refractivity contribution in [3.8, 4) is 0 Å². The molecule has 142 valence electrons. The van der Waals surface area contributed by atoms with Gasteiger partial charge in [0.05, 0.1) is 13.7 Å². The van der Waals surface area contributed by atoms with Crippen LogP contribution >= 0.6 is 0 Å². The molecule has 0 aliphatic carbocycles. The van der Waals surface area contributed by atoms with Gasteiger partial charge < -0.3 is 9.47 Å². The van der Waals surface area contributed by atoms with Crippen LogP contribution in [0.15, 0.2) is 42.5 Å². The molecule has 0 aromatic heterocycles. The van der Waals surface area contributed by atoms with Crippen LogP contribution in [0.2, 0.25) is 0 Å². The third-order valence-corrected chi connectivity index (χ3v) is 4.57. The van der Waals surface area contributed by atoms with Crippen LogP contribution in [0, 0.1) is 0 Å². The van der Waals surface area contributed by atoms with Gasteiger partial charge in [-0.15, -0.1) is 0 Å². The fraction of sp³-hybridized carbons (Fsp3) is 0.500. The van der Waals surface area contributed by atoms with Gasteiger partial charge in [0, 0.05) is 6.42 Å². The summed E-state index contributed by atoms with van der Waals surface area (Å²) in [6, 6.07) is 9.22. The summed E-state index contributed by atoms with van der Waals surface area (Å²) >= 11 is 0. The van der Waals surface area contributed by atoms with Crippen molar-refractivity contribution in [2.45, 2.75) is 50.9 Å². The van der Waals surface area contributed by atoms with Crippen LogP contribution in [-0.2, 0) is 20.9 Å². The Morgan fingerprint density at radius 2 is 2.04 bits per heavy atom. The van der Waals surface area contributed by atoms with Gasteiger partial charge in [0.25, 0.3) is 0 Å². The van der Waals surface area contributed by atoms with Gasteiger partial charge in [0.1, 0.15) is 18.3 Å². The molecule has 1 aromatic rings. The molecule has 2 rings (SSSR count). The SMILES string of the molecule is CC/C=C/CCC1(C(=O)OC)C[C@@H](F)CN1C(=O)OCc1ccccc1. The largest absolute Gasteiger partial charge is 0.467 e. The second-order valence-corrected chi connectivity index (χ2v) is 6.39. The summed E-state index contributed by atoms with van der Waals surface area (Å²) in [5, 5.41) is 0. The molecule has 0 bridgehead atoms. The summed E-state index contributed by atoms with van der Waals surface area (Å²) < 4.78 is 24.4. The Kier molecular flexibility index (Phi) is 7.18. The number of halogens is 1. The molecule has 1 aliphatic rings. The Balaban J connectivity index is 2.14. The lowest BCUT2D eigenvalue weighted by atomic mass is 9.90. The fourth-order valence-corrected chi connectivity index (χ4v) is 3.29. The smallest absolute Gasteiger partial charge is 0.411 e. The van der Waals surface area contributed by atoms with E-state index < -0.39 is 23.8 Å². The van der Waals surface area contributed by atoms with Gasteiger partial charge >= 0.3 is 12.1 Å². The van der Waals surface area contributed by atoms with Gasteiger partial charge in [-0.1, -0.05) is 49.4 Å². The predicted octanol–water partition coefficient (Wildman–Crippen LogP) is 4.03. The standard InChI is InChI=1S/C20H26FNO4/c1-3-4-5-9-12-20(18(23)25-2)13-17(21)14-22(20)19(24)26-15-16-10-7-6-8-11-16/h4-8,10-11,17H,3,9,12-15H2,1-2H3/b5-4+/t17-,20?/m1/s1. The molecule has 2 atom stereocenters. The Bertz CT molecular complexity index is 634. The van der Waals surface area contributed by atoms with Crippen LogP contribution in [-0.4, -0.2) is 42.3 Å². The molecule has 1 unspecified atom stereocenters. The van der Waals surface area contributed by atoms with E-state index in [1.54, 1.807) is 0 Å². The van der Waals surface area contributed by atoms with E-state index in [4.69, 9.17) is 9.47 Å². The molecule has 1 amide bonds. The van der Waals surface area contributed by atoms with Crippen LogP contribution in [0.5, 0.6) is 0 Å². The van der Waals surface area contributed by atoms with E-state index in [1.807, 2.05) is 49.4 Å². The Hall–Kier alpha value is -2.37. The first-order valence-corrected chi connectivity index (χ1v) is 8.89. The lowest BCUT2D eigenvalue weighted by molar-refractivity contribution is -0.153. The summed E-state index contributed by atoms with van der Waals surface area (Å²) in [6.07, 6.45) is 3.59. The molecule has 26 heavy (non-hydrogen) atoms. The predicted molar refractivity (Wildman–Crippen MR) is 96.3 cm³/mol. The first-order chi connectivity index (χ1) is 12.5. The van der Waals surface area contributed by atoms with Gasteiger partial charge in [-0.25, -0.2) is 14.0 Å². The van der Waals surface area contributed by atoms with E-state index in [1.165, 1.54) is 12.0 Å². The molecule has 1 aromatic carbocycles. The summed E-state index contributed by atoms with van der Waals surface area (Å²) in [4.78, 5) is 26.3. The van der Waals surface area contributed by atoms with Gasteiger partial charge in [-0.2, -0.15) is 0 Å². The number of likely N-dealkylation sites (tertiary alicyclic amines) is 1. The Labute approximate surface area is 153 Å². The van der Waals surface area contributed by atoms with Crippen molar-refractivity contribution in [1.82, 2.24) is 4.90 Å². The minimum absolute atomic E-state index is 0.0694. The molecular weight excluding hydrogens is 337 g/mol. The summed E-state index contributed by atoms with van der Waals surface area (Å²) in [5.41, 5.74) is -0.494. The number of methoxy groups -OCH3 is 1. The van der Waals surface area contributed by atoms with Crippen LogP contribution in [0.1, 0.15) is 38.2 Å². The van der Waals surface area contributed by atoms with Crippen molar-refractivity contribution in [3.63, 3.8) is 0 Å². The average Bonchev–Trinajstić information content (AvgIpc) is 3.01. The minimum Gasteiger partial charge on any atom is -0.467 e. The molecule has 0 radical (unpaired) electrons. The lowest BCUT2D eigenvalue weighted by Gasteiger charge is -2.34. The number of allylic oxidation sites excluding steroid dienone is 2. The van der Waals surface area contributed by atoms with E-state index in [9.17, 15) is 14.0 Å². The lowest BCUT2D eigenvalue weighted by Crippen LogP contribution is -2.53. The molecule has 0 N–H and O–H groups in total. The van der Waals surface area contributed by atoms with Gasteiger partial charge in [-0.3, -0.25) is 4.90 Å².